The Hall–Kier alpha value is -3.42. The van der Waals surface area contributed by atoms with E-state index in [0.29, 0.717) is 12.2 Å². The Balaban J connectivity index is 1.62. The minimum atomic E-state index is -3.77. The summed E-state index contributed by atoms with van der Waals surface area (Å²) in [4.78, 5) is 6.28. The molecule has 3 aromatic carbocycles. The molecule has 0 spiro atoms. The highest BCUT2D eigenvalue weighted by molar-refractivity contribution is 7.92. The normalized spacial score (nSPS) is 11.5. The summed E-state index contributed by atoms with van der Waals surface area (Å²) in [6, 6.07) is 30.0. The van der Waals surface area contributed by atoms with Gasteiger partial charge in [0.25, 0.3) is 10.0 Å². The molecule has 0 aliphatic rings. The maximum absolute atomic E-state index is 12.9. The van der Waals surface area contributed by atoms with Crippen molar-refractivity contribution < 1.29 is 8.42 Å². The van der Waals surface area contributed by atoms with Gasteiger partial charge in [-0.05, 0) is 30.8 Å². The summed E-state index contributed by atoms with van der Waals surface area (Å²) in [6.45, 7) is 1.35. The molecule has 1 aromatic heterocycles. The number of rotatable bonds is 8. The smallest absolute Gasteiger partial charge is 0.276 e. The van der Waals surface area contributed by atoms with E-state index in [9.17, 15) is 8.42 Å². The van der Waals surface area contributed by atoms with Crippen LogP contribution in [0, 0.1) is 0 Å². The van der Waals surface area contributed by atoms with E-state index in [2.05, 4.69) is 27.0 Å². The third-order valence-corrected chi connectivity index (χ3v) is 6.12. The van der Waals surface area contributed by atoms with Crippen molar-refractivity contribution in [1.82, 2.24) is 14.8 Å². The monoisotopic (exact) mass is 432 g/mol. The van der Waals surface area contributed by atoms with Gasteiger partial charge in [-0.2, -0.15) is 23.1 Å². The molecule has 4 aromatic rings. The van der Waals surface area contributed by atoms with E-state index in [1.165, 1.54) is 10.4 Å². The number of aromatic nitrogens is 2. The van der Waals surface area contributed by atoms with Crippen LogP contribution in [0.1, 0.15) is 11.3 Å². The van der Waals surface area contributed by atoms with E-state index < -0.39 is 10.0 Å². The molecule has 158 valence electrons. The first kappa shape index (κ1) is 20.8. The molecular formula is C24H24N4O2S. The number of hydrogen-bond acceptors (Lipinski definition) is 4. The molecule has 0 saturated carbocycles. The molecule has 7 heteroatoms. The van der Waals surface area contributed by atoms with Gasteiger partial charge in [-0.1, -0.05) is 78.9 Å². The van der Waals surface area contributed by atoms with Crippen LogP contribution in [0.4, 0.5) is 0 Å². The highest BCUT2D eigenvalue weighted by Crippen LogP contribution is 2.22. The fraction of sp³-hybridized carbons (Fsp3) is 0.125. The number of nitrogens with one attached hydrogen (secondary N) is 1. The molecule has 0 aliphatic carbocycles. The average Bonchev–Trinajstić information content (AvgIpc) is 3.16. The predicted molar refractivity (Wildman–Crippen MR) is 122 cm³/mol. The summed E-state index contributed by atoms with van der Waals surface area (Å²) in [7, 11) is -1.75. The van der Waals surface area contributed by atoms with Crippen molar-refractivity contribution in [2.24, 2.45) is 0 Å². The SMILES string of the molecule is CN(Cc1ccccc1)Cc1cc(-c2ccccc2)n(NS(=O)(=O)c2ccccc2)n1. The quantitative estimate of drug-likeness (QED) is 0.455. The lowest BCUT2D eigenvalue weighted by molar-refractivity contribution is 0.314. The first-order valence-electron chi connectivity index (χ1n) is 9.96. The highest BCUT2D eigenvalue weighted by atomic mass is 32.2. The van der Waals surface area contributed by atoms with Crippen molar-refractivity contribution in [1.29, 1.82) is 0 Å². The Morgan fingerprint density at radius 1 is 0.839 bits per heavy atom. The van der Waals surface area contributed by atoms with E-state index in [1.54, 1.807) is 30.3 Å². The van der Waals surface area contributed by atoms with Gasteiger partial charge in [-0.3, -0.25) is 4.90 Å². The van der Waals surface area contributed by atoms with Crippen LogP contribution in [-0.4, -0.2) is 30.3 Å². The van der Waals surface area contributed by atoms with Crippen molar-refractivity contribution in [2.75, 3.05) is 11.9 Å². The van der Waals surface area contributed by atoms with Gasteiger partial charge < -0.3 is 0 Å². The molecule has 1 N–H and O–H groups in total. The zero-order valence-corrected chi connectivity index (χ0v) is 18.0. The van der Waals surface area contributed by atoms with Gasteiger partial charge in [-0.25, -0.2) is 0 Å². The van der Waals surface area contributed by atoms with E-state index in [4.69, 9.17) is 0 Å². The van der Waals surface area contributed by atoms with Crippen LogP contribution < -0.4 is 4.83 Å². The maximum atomic E-state index is 12.9. The topological polar surface area (TPSA) is 67.2 Å². The second-order valence-electron chi connectivity index (χ2n) is 7.36. The van der Waals surface area contributed by atoms with Crippen LogP contribution in [0.5, 0.6) is 0 Å². The van der Waals surface area contributed by atoms with Crippen LogP contribution in [0.2, 0.25) is 0 Å². The molecule has 0 aliphatic heterocycles. The van der Waals surface area contributed by atoms with Crippen LogP contribution in [-0.2, 0) is 23.1 Å². The largest absolute Gasteiger partial charge is 0.296 e. The Labute approximate surface area is 182 Å². The van der Waals surface area contributed by atoms with Gasteiger partial charge in [-0.15, -0.1) is 0 Å². The lowest BCUT2D eigenvalue weighted by atomic mass is 10.1. The van der Waals surface area contributed by atoms with Gasteiger partial charge in [0, 0.05) is 18.7 Å². The van der Waals surface area contributed by atoms with Crippen molar-refractivity contribution >= 4 is 10.0 Å². The lowest BCUT2D eigenvalue weighted by Crippen LogP contribution is -2.25. The Morgan fingerprint density at radius 3 is 2.06 bits per heavy atom. The van der Waals surface area contributed by atoms with Gasteiger partial charge in [0.1, 0.15) is 0 Å². The summed E-state index contributed by atoms with van der Waals surface area (Å²) in [5.41, 5.74) is 3.54. The first-order valence-corrected chi connectivity index (χ1v) is 11.4. The summed E-state index contributed by atoms with van der Waals surface area (Å²) in [5.74, 6) is 0. The highest BCUT2D eigenvalue weighted by Gasteiger charge is 2.18. The molecule has 1 heterocycles. The third kappa shape index (κ3) is 5.20. The molecule has 0 atom stereocenters. The lowest BCUT2D eigenvalue weighted by Gasteiger charge is -2.15. The molecule has 31 heavy (non-hydrogen) atoms. The van der Waals surface area contributed by atoms with Crippen LogP contribution in [0.25, 0.3) is 11.3 Å². The van der Waals surface area contributed by atoms with Gasteiger partial charge >= 0.3 is 0 Å². The summed E-state index contributed by atoms with van der Waals surface area (Å²) >= 11 is 0. The predicted octanol–water partition coefficient (Wildman–Crippen LogP) is 4.11. The van der Waals surface area contributed by atoms with Gasteiger partial charge in [0.15, 0.2) is 0 Å². The zero-order chi connectivity index (χ0) is 21.7. The molecule has 0 bridgehead atoms. The fourth-order valence-corrected chi connectivity index (χ4v) is 4.37. The number of benzene rings is 3. The summed E-state index contributed by atoms with van der Waals surface area (Å²) < 4.78 is 25.8. The Kier molecular flexibility index (Phi) is 6.16. The van der Waals surface area contributed by atoms with Gasteiger partial charge in [0.2, 0.25) is 0 Å². The van der Waals surface area contributed by atoms with E-state index in [-0.39, 0.29) is 4.90 Å². The zero-order valence-electron chi connectivity index (χ0n) is 17.2. The van der Waals surface area contributed by atoms with Crippen molar-refractivity contribution in [3.05, 3.63) is 108 Å². The standard InChI is InChI=1S/C24H24N4O2S/c1-27(18-20-11-5-2-6-12-20)19-22-17-24(21-13-7-3-8-14-21)28(25-22)26-31(29,30)23-15-9-4-10-16-23/h2-17,26H,18-19H2,1H3. The van der Waals surface area contributed by atoms with Crippen molar-refractivity contribution in [3.63, 3.8) is 0 Å². The molecule has 0 saturated heterocycles. The number of nitrogens with zero attached hydrogens (tertiary/aromatic N) is 3. The van der Waals surface area contributed by atoms with Crippen LogP contribution in [0.15, 0.2) is 102 Å². The molecular weight excluding hydrogens is 408 g/mol. The van der Waals surface area contributed by atoms with E-state index >= 15 is 0 Å². The molecule has 0 fully saturated rings. The molecule has 6 nitrogen and oxygen atoms in total. The minimum absolute atomic E-state index is 0.187. The van der Waals surface area contributed by atoms with Crippen molar-refractivity contribution in [3.8, 4) is 11.3 Å². The van der Waals surface area contributed by atoms with Crippen molar-refractivity contribution in [2.45, 2.75) is 18.0 Å². The van der Waals surface area contributed by atoms with E-state index in [0.717, 1.165) is 17.8 Å². The van der Waals surface area contributed by atoms with E-state index in [1.807, 2.05) is 61.6 Å². The Morgan fingerprint density at radius 2 is 1.42 bits per heavy atom. The van der Waals surface area contributed by atoms with Crippen LogP contribution in [0.3, 0.4) is 0 Å². The van der Waals surface area contributed by atoms with Gasteiger partial charge in [0.05, 0.1) is 16.3 Å². The number of hydrogen-bond donors (Lipinski definition) is 1. The average molecular weight is 433 g/mol. The summed E-state index contributed by atoms with van der Waals surface area (Å²) in [6.07, 6.45) is 0. The molecule has 0 radical (unpaired) electrons. The fourth-order valence-electron chi connectivity index (χ4n) is 3.39. The molecule has 0 unspecified atom stereocenters. The second-order valence-corrected chi connectivity index (χ2v) is 9.03. The van der Waals surface area contributed by atoms with Crippen LogP contribution >= 0.6 is 0 Å². The third-order valence-electron chi connectivity index (χ3n) is 4.82. The second kappa shape index (κ2) is 9.16. The molecule has 0 amide bonds. The first-order chi connectivity index (χ1) is 15.0. The Bertz CT molecular complexity index is 1220. The minimum Gasteiger partial charge on any atom is -0.296 e. The summed E-state index contributed by atoms with van der Waals surface area (Å²) in [5, 5.41) is 4.56. The number of sulfonamides is 1. The maximum Gasteiger partial charge on any atom is 0.276 e. The molecule has 4 rings (SSSR count).